The number of carbonyl (C=O) groups is 1. The van der Waals surface area contributed by atoms with Crippen LogP contribution in [0.3, 0.4) is 0 Å². The lowest BCUT2D eigenvalue weighted by Gasteiger charge is -2.16. The molecule has 0 aliphatic rings. The van der Waals surface area contributed by atoms with Crippen LogP contribution in [0.4, 0.5) is 14.5 Å². The predicted octanol–water partition coefficient (Wildman–Crippen LogP) is 2.91. The van der Waals surface area contributed by atoms with E-state index in [2.05, 4.69) is 5.32 Å². The molecule has 0 saturated carbocycles. The van der Waals surface area contributed by atoms with E-state index in [0.29, 0.717) is 13.2 Å². The number of hydrogen-bond acceptors (Lipinski definition) is 3. The van der Waals surface area contributed by atoms with E-state index in [4.69, 9.17) is 4.74 Å². The van der Waals surface area contributed by atoms with Crippen LogP contribution in [-0.4, -0.2) is 37.6 Å². The number of hydrogen-bond donors (Lipinski definition) is 1. The van der Waals surface area contributed by atoms with Gasteiger partial charge in [-0.1, -0.05) is 18.2 Å². The van der Waals surface area contributed by atoms with Crippen molar-refractivity contribution in [2.24, 2.45) is 0 Å². The topological polar surface area (TPSA) is 41.6 Å². The summed E-state index contributed by atoms with van der Waals surface area (Å²) in [6, 6.07) is 12.6. The first-order valence-corrected chi connectivity index (χ1v) is 7.16. The molecule has 0 fully saturated rings. The van der Waals surface area contributed by atoms with Crippen LogP contribution in [0.2, 0.25) is 0 Å². The number of likely N-dealkylation sites (N-methyl/N-ethyl adjacent to an activating group) is 1. The number of para-hydroxylation sites is 1. The number of nitrogens with one attached hydrogen (secondary N) is 1. The summed E-state index contributed by atoms with van der Waals surface area (Å²) in [6.07, 6.45) is 0. The molecular weight excluding hydrogens is 302 g/mol. The number of halogens is 2. The van der Waals surface area contributed by atoms with Crippen molar-refractivity contribution in [1.29, 1.82) is 0 Å². The molecule has 0 heterocycles. The van der Waals surface area contributed by atoms with E-state index < -0.39 is 11.6 Å². The molecule has 0 atom stereocenters. The monoisotopic (exact) mass is 320 g/mol. The highest BCUT2D eigenvalue weighted by atomic mass is 19.2. The van der Waals surface area contributed by atoms with Crippen molar-refractivity contribution in [3.05, 3.63) is 60.2 Å². The quantitative estimate of drug-likeness (QED) is 0.853. The SMILES string of the molecule is CN(CCOc1ccccc1)CC(=O)Nc1ccc(F)c(F)c1. The largest absolute Gasteiger partial charge is 0.492 e. The number of rotatable bonds is 7. The second-order valence-corrected chi connectivity index (χ2v) is 5.08. The molecule has 2 aromatic rings. The summed E-state index contributed by atoms with van der Waals surface area (Å²) < 4.78 is 31.4. The third-order valence-electron chi connectivity index (χ3n) is 3.10. The van der Waals surface area contributed by atoms with E-state index in [1.807, 2.05) is 30.3 Å². The Morgan fingerprint density at radius 1 is 1.13 bits per heavy atom. The van der Waals surface area contributed by atoms with Gasteiger partial charge in [0.05, 0.1) is 6.54 Å². The molecule has 2 aromatic carbocycles. The number of nitrogens with zero attached hydrogens (tertiary/aromatic N) is 1. The second kappa shape index (κ2) is 8.24. The summed E-state index contributed by atoms with van der Waals surface area (Å²) in [4.78, 5) is 13.6. The van der Waals surface area contributed by atoms with Gasteiger partial charge >= 0.3 is 0 Å². The normalized spacial score (nSPS) is 10.6. The van der Waals surface area contributed by atoms with Gasteiger partial charge in [-0.05, 0) is 31.3 Å². The van der Waals surface area contributed by atoms with E-state index >= 15 is 0 Å². The molecule has 0 aliphatic carbocycles. The Kier molecular flexibility index (Phi) is 6.05. The highest BCUT2D eigenvalue weighted by Gasteiger charge is 2.09. The molecule has 0 saturated heterocycles. The van der Waals surface area contributed by atoms with E-state index in [0.717, 1.165) is 17.9 Å². The maximum Gasteiger partial charge on any atom is 0.238 e. The second-order valence-electron chi connectivity index (χ2n) is 5.08. The first-order chi connectivity index (χ1) is 11.0. The van der Waals surface area contributed by atoms with Crippen LogP contribution in [0, 0.1) is 11.6 Å². The zero-order valence-electron chi connectivity index (χ0n) is 12.8. The highest BCUT2D eigenvalue weighted by molar-refractivity contribution is 5.92. The van der Waals surface area contributed by atoms with Crippen LogP contribution in [0.5, 0.6) is 5.75 Å². The fraction of sp³-hybridized carbons (Fsp3) is 0.235. The standard InChI is InChI=1S/C17H18F2N2O2/c1-21(9-10-23-14-5-3-2-4-6-14)12-17(22)20-13-7-8-15(18)16(19)11-13/h2-8,11H,9-10,12H2,1H3,(H,20,22). The minimum Gasteiger partial charge on any atom is -0.492 e. The lowest BCUT2D eigenvalue weighted by Crippen LogP contribution is -2.33. The minimum atomic E-state index is -0.993. The molecule has 6 heteroatoms. The van der Waals surface area contributed by atoms with Crippen molar-refractivity contribution in [3.8, 4) is 5.75 Å². The molecule has 0 radical (unpaired) electrons. The Balaban J connectivity index is 1.72. The number of ether oxygens (including phenoxy) is 1. The number of carbonyl (C=O) groups excluding carboxylic acids is 1. The Hall–Kier alpha value is -2.47. The van der Waals surface area contributed by atoms with Crippen LogP contribution in [0.25, 0.3) is 0 Å². The number of benzene rings is 2. The third-order valence-corrected chi connectivity index (χ3v) is 3.10. The first kappa shape index (κ1) is 16.9. The van der Waals surface area contributed by atoms with E-state index in [1.54, 1.807) is 11.9 Å². The zero-order valence-corrected chi connectivity index (χ0v) is 12.8. The fourth-order valence-electron chi connectivity index (χ4n) is 1.93. The van der Waals surface area contributed by atoms with Gasteiger partial charge in [0.2, 0.25) is 5.91 Å². The average molecular weight is 320 g/mol. The van der Waals surface area contributed by atoms with Crippen LogP contribution >= 0.6 is 0 Å². The predicted molar refractivity (Wildman–Crippen MR) is 84.4 cm³/mol. The Morgan fingerprint density at radius 2 is 1.87 bits per heavy atom. The van der Waals surface area contributed by atoms with Gasteiger partial charge in [-0.25, -0.2) is 8.78 Å². The van der Waals surface area contributed by atoms with Crippen LogP contribution < -0.4 is 10.1 Å². The highest BCUT2D eigenvalue weighted by Crippen LogP contribution is 2.13. The van der Waals surface area contributed by atoms with Crippen molar-refractivity contribution in [2.75, 3.05) is 32.1 Å². The Bertz CT molecular complexity index is 650. The summed E-state index contributed by atoms with van der Waals surface area (Å²) in [5.74, 6) is -1.48. The molecule has 2 rings (SSSR count). The lowest BCUT2D eigenvalue weighted by atomic mass is 10.3. The molecule has 1 N–H and O–H groups in total. The number of amides is 1. The van der Waals surface area contributed by atoms with Gasteiger partial charge in [-0.3, -0.25) is 9.69 Å². The van der Waals surface area contributed by atoms with Crippen molar-refractivity contribution in [1.82, 2.24) is 4.90 Å². The average Bonchev–Trinajstić information content (AvgIpc) is 2.52. The van der Waals surface area contributed by atoms with Gasteiger partial charge in [0.15, 0.2) is 11.6 Å². The molecule has 0 spiro atoms. The molecule has 0 aliphatic heterocycles. The van der Waals surface area contributed by atoms with Crippen molar-refractivity contribution < 1.29 is 18.3 Å². The molecule has 122 valence electrons. The smallest absolute Gasteiger partial charge is 0.238 e. The summed E-state index contributed by atoms with van der Waals surface area (Å²) in [7, 11) is 1.78. The molecule has 0 unspecified atom stereocenters. The molecular formula is C17H18F2N2O2. The first-order valence-electron chi connectivity index (χ1n) is 7.16. The van der Waals surface area contributed by atoms with Gasteiger partial charge in [0.25, 0.3) is 0 Å². The minimum absolute atomic E-state index is 0.122. The Morgan fingerprint density at radius 3 is 2.57 bits per heavy atom. The summed E-state index contributed by atoms with van der Waals surface area (Å²) in [6.45, 7) is 1.12. The van der Waals surface area contributed by atoms with Crippen molar-refractivity contribution >= 4 is 11.6 Å². The lowest BCUT2D eigenvalue weighted by molar-refractivity contribution is -0.117. The van der Waals surface area contributed by atoms with Crippen molar-refractivity contribution in [3.63, 3.8) is 0 Å². The molecule has 0 bridgehead atoms. The van der Waals surface area contributed by atoms with Gasteiger partial charge < -0.3 is 10.1 Å². The van der Waals surface area contributed by atoms with Crippen LogP contribution in [0.1, 0.15) is 0 Å². The Labute approximate surface area is 133 Å². The van der Waals surface area contributed by atoms with Crippen molar-refractivity contribution in [2.45, 2.75) is 0 Å². The third kappa shape index (κ3) is 5.67. The van der Waals surface area contributed by atoms with Gasteiger partial charge in [0.1, 0.15) is 12.4 Å². The summed E-state index contributed by atoms with van der Waals surface area (Å²) in [5, 5.41) is 2.52. The maximum absolute atomic E-state index is 13.1. The summed E-state index contributed by atoms with van der Waals surface area (Å²) >= 11 is 0. The molecule has 1 amide bonds. The van der Waals surface area contributed by atoms with Gasteiger partial charge in [-0.15, -0.1) is 0 Å². The van der Waals surface area contributed by atoms with E-state index in [1.165, 1.54) is 6.07 Å². The molecule has 0 aromatic heterocycles. The van der Waals surface area contributed by atoms with Gasteiger partial charge in [0, 0.05) is 18.3 Å². The van der Waals surface area contributed by atoms with E-state index in [-0.39, 0.29) is 18.1 Å². The number of anilines is 1. The maximum atomic E-state index is 13.1. The summed E-state index contributed by atoms with van der Waals surface area (Å²) in [5.41, 5.74) is 0.225. The van der Waals surface area contributed by atoms with Crippen LogP contribution in [-0.2, 0) is 4.79 Å². The molecule has 4 nitrogen and oxygen atoms in total. The fourth-order valence-corrected chi connectivity index (χ4v) is 1.93. The molecule has 23 heavy (non-hydrogen) atoms. The van der Waals surface area contributed by atoms with Crippen LogP contribution in [0.15, 0.2) is 48.5 Å². The van der Waals surface area contributed by atoms with Gasteiger partial charge in [-0.2, -0.15) is 0 Å². The zero-order chi connectivity index (χ0) is 16.7. The van der Waals surface area contributed by atoms with E-state index in [9.17, 15) is 13.6 Å².